The molecule has 0 aliphatic carbocycles. The Balaban J connectivity index is 4.30. The lowest BCUT2D eigenvalue weighted by molar-refractivity contribution is 0.139. The molecule has 7 heteroatoms. The summed E-state index contributed by atoms with van der Waals surface area (Å²) in [6, 6.07) is 4.40. The molecule has 0 saturated carbocycles. The van der Waals surface area contributed by atoms with E-state index in [-0.39, 0.29) is 0 Å². The second-order valence-corrected chi connectivity index (χ2v) is 1.75. The fourth-order valence-electron chi connectivity index (χ4n) is 0.479. The van der Waals surface area contributed by atoms with E-state index in [1.807, 2.05) is 0 Å². The van der Waals surface area contributed by atoms with E-state index in [4.69, 9.17) is 25.8 Å². The van der Waals surface area contributed by atoms with Crippen LogP contribution in [0.15, 0.2) is 0 Å². The maximum Gasteiger partial charge on any atom is 0.634 e. The zero-order valence-electron chi connectivity index (χ0n) is 5.88. The lowest BCUT2D eigenvalue weighted by Crippen LogP contribution is -2.29. The molecule has 6 nitrogen and oxygen atoms in total. The highest BCUT2D eigenvalue weighted by Crippen LogP contribution is 2.04. The quantitative estimate of drug-likeness (QED) is 0.492. The van der Waals surface area contributed by atoms with Crippen LogP contribution in [-0.2, 0) is 4.65 Å². The molecule has 2 N–H and O–H groups in total. The van der Waals surface area contributed by atoms with Crippen molar-refractivity contribution in [3.8, 4) is 18.2 Å². The Labute approximate surface area is 69.0 Å². The highest BCUT2D eigenvalue weighted by molar-refractivity contribution is 6.32. The minimum absolute atomic E-state index is 1.32. The SMILES string of the molecule is N#CC(C#N)C(C#N)OB(O)O. The zero-order valence-corrected chi connectivity index (χ0v) is 5.88. The maximum atomic E-state index is 8.31. The summed E-state index contributed by atoms with van der Waals surface area (Å²) in [7, 11) is -2.15. The van der Waals surface area contributed by atoms with E-state index in [2.05, 4.69) is 4.65 Å². The molecule has 0 fully saturated rings. The molecule has 0 spiro atoms. The summed E-state index contributed by atoms with van der Waals surface area (Å²) in [5.41, 5.74) is 0. The predicted octanol–water partition coefficient (Wildman–Crippen LogP) is -1.47. The Kier molecular flexibility index (Phi) is 4.44. The van der Waals surface area contributed by atoms with Crippen LogP contribution >= 0.6 is 0 Å². The van der Waals surface area contributed by atoms with Gasteiger partial charge in [0.2, 0.25) is 0 Å². The van der Waals surface area contributed by atoms with E-state index < -0.39 is 19.3 Å². The van der Waals surface area contributed by atoms with Gasteiger partial charge in [-0.1, -0.05) is 0 Å². The lowest BCUT2D eigenvalue weighted by atomic mass is 10.1. The van der Waals surface area contributed by atoms with Gasteiger partial charge in [0, 0.05) is 0 Å². The minimum atomic E-state index is -2.15. The largest absolute Gasteiger partial charge is 0.634 e. The molecular weight excluding hydrogens is 161 g/mol. The van der Waals surface area contributed by atoms with Gasteiger partial charge in [0.25, 0.3) is 0 Å². The van der Waals surface area contributed by atoms with Crippen LogP contribution in [0.3, 0.4) is 0 Å². The molecule has 0 aromatic rings. The van der Waals surface area contributed by atoms with E-state index in [9.17, 15) is 0 Å². The van der Waals surface area contributed by atoms with Crippen LogP contribution in [0.1, 0.15) is 0 Å². The monoisotopic (exact) mass is 165 g/mol. The minimum Gasteiger partial charge on any atom is -0.402 e. The fourth-order valence-corrected chi connectivity index (χ4v) is 0.479. The van der Waals surface area contributed by atoms with E-state index in [1.165, 1.54) is 18.2 Å². The van der Waals surface area contributed by atoms with Gasteiger partial charge in [0.15, 0.2) is 12.0 Å². The van der Waals surface area contributed by atoms with Gasteiger partial charge in [-0.3, -0.25) is 0 Å². The van der Waals surface area contributed by atoms with Crippen molar-refractivity contribution in [3.05, 3.63) is 0 Å². The number of hydrogen-bond acceptors (Lipinski definition) is 6. The fraction of sp³-hybridized carbons (Fsp3) is 0.400. The number of rotatable bonds is 3. The third-order valence-corrected chi connectivity index (χ3v) is 0.976. The Morgan fingerprint density at radius 2 is 1.58 bits per heavy atom. The smallest absolute Gasteiger partial charge is 0.402 e. The number of nitriles is 3. The van der Waals surface area contributed by atoms with Gasteiger partial charge in [-0.25, -0.2) is 0 Å². The highest BCUT2D eigenvalue weighted by atomic mass is 16.6. The Bertz CT molecular complexity index is 247. The van der Waals surface area contributed by atoms with E-state index >= 15 is 0 Å². The number of hydrogen-bond donors (Lipinski definition) is 2. The van der Waals surface area contributed by atoms with Crippen LogP contribution in [0.4, 0.5) is 0 Å². The summed E-state index contributed by atoms with van der Waals surface area (Å²) in [6.07, 6.45) is -1.44. The van der Waals surface area contributed by atoms with Crippen molar-refractivity contribution in [1.82, 2.24) is 0 Å². The van der Waals surface area contributed by atoms with Crippen molar-refractivity contribution in [2.24, 2.45) is 5.92 Å². The first kappa shape index (κ1) is 10.4. The molecule has 12 heavy (non-hydrogen) atoms. The van der Waals surface area contributed by atoms with Crippen molar-refractivity contribution < 1.29 is 14.7 Å². The normalized spacial score (nSPS) is 11.0. The van der Waals surface area contributed by atoms with Crippen LogP contribution in [0.25, 0.3) is 0 Å². The summed E-state index contributed by atoms with van der Waals surface area (Å²) in [5.74, 6) is -1.32. The molecule has 0 heterocycles. The van der Waals surface area contributed by atoms with Crippen LogP contribution in [0, 0.1) is 39.9 Å². The van der Waals surface area contributed by atoms with Gasteiger partial charge in [0.1, 0.15) is 0 Å². The lowest BCUT2D eigenvalue weighted by Gasteiger charge is -2.08. The highest BCUT2D eigenvalue weighted by Gasteiger charge is 2.26. The van der Waals surface area contributed by atoms with Crippen molar-refractivity contribution in [3.63, 3.8) is 0 Å². The van der Waals surface area contributed by atoms with Crippen molar-refractivity contribution in [2.75, 3.05) is 0 Å². The first-order chi connectivity index (χ1) is 5.65. The van der Waals surface area contributed by atoms with Crippen molar-refractivity contribution in [1.29, 1.82) is 15.8 Å². The molecule has 1 unspecified atom stereocenters. The molecule has 1 atom stereocenters. The average Bonchev–Trinajstić information content (AvgIpc) is 2.04. The summed E-state index contributed by atoms with van der Waals surface area (Å²) >= 11 is 0. The first-order valence-electron chi connectivity index (χ1n) is 2.86. The molecule has 0 saturated heterocycles. The van der Waals surface area contributed by atoms with Crippen LogP contribution in [0.5, 0.6) is 0 Å². The molecule has 0 aromatic heterocycles. The van der Waals surface area contributed by atoms with Gasteiger partial charge < -0.3 is 14.7 Å². The third-order valence-electron chi connectivity index (χ3n) is 0.976. The molecule has 0 aromatic carbocycles. The van der Waals surface area contributed by atoms with Crippen molar-refractivity contribution >= 4 is 7.32 Å². The molecule has 0 radical (unpaired) electrons. The molecule has 0 aliphatic heterocycles. The second kappa shape index (κ2) is 5.12. The topological polar surface area (TPSA) is 121 Å². The van der Waals surface area contributed by atoms with Gasteiger partial charge in [-0.15, -0.1) is 0 Å². The predicted molar refractivity (Wildman–Crippen MR) is 35.4 cm³/mol. The first-order valence-corrected chi connectivity index (χ1v) is 2.86. The zero-order chi connectivity index (χ0) is 9.56. The summed E-state index contributed by atoms with van der Waals surface area (Å²) in [6.45, 7) is 0. The number of nitrogens with zero attached hydrogens (tertiary/aromatic N) is 3. The molecule has 0 amide bonds. The van der Waals surface area contributed by atoms with Crippen molar-refractivity contribution in [2.45, 2.75) is 6.10 Å². The van der Waals surface area contributed by atoms with E-state index in [1.54, 1.807) is 0 Å². The van der Waals surface area contributed by atoms with Crippen LogP contribution < -0.4 is 0 Å². The molecule has 0 aliphatic rings. The molecule has 0 bridgehead atoms. The van der Waals surface area contributed by atoms with Gasteiger partial charge >= 0.3 is 7.32 Å². The summed E-state index contributed by atoms with van der Waals surface area (Å²) in [5, 5.41) is 41.4. The molecule has 60 valence electrons. The second-order valence-electron chi connectivity index (χ2n) is 1.75. The van der Waals surface area contributed by atoms with Gasteiger partial charge in [-0.05, 0) is 0 Å². The van der Waals surface area contributed by atoms with Crippen LogP contribution in [-0.4, -0.2) is 23.5 Å². The van der Waals surface area contributed by atoms with Gasteiger partial charge in [0.05, 0.1) is 18.2 Å². The molecular formula is C5H4BN3O3. The standard InChI is InChI=1S/C5H4BN3O3/c7-1-4(2-8)5(3-9)12-6(10)11/h4-5,10-11H. The molecule has 0 rings (SSSR count). The summed E-state index contributed by atoms with van der Waals surface area (Å²) < 4.78 is 4.15. The van der Waals surface area contributed by atoms with E-state index in [0.717, 1.165) is 0 Å². The Morgan fingerprint density at radius 3 is 1.83 bits per heavy atom. The average molecular weight is 165 g/mol. The van der Waals surface area contributed by atoms with Gasteiger partial charge in [-0.2, -0.15) is 15.8 Å². The Hall–Kier alpha value is -1.59. The van der Waals surface area contributed by atoms with E-state index in [0.29, 0.717) is 0 Å². The Morgan fingerprint density at radius 1 is 1.08 bits per heavy atom. The maximum absolute atomic E-state index is 8.31. The summed E-state index contributed by atoms with van der Waals surface area (Å²) in [4.78, 5) is 0. The third kappa shape index (κ3) is 3.00. The van der Waals surface area contributed by atoms with Crippen LogP contribution in [0.2, 0.25) is 0 Å².